The van der Waals surface area contributed by atoms with Gasteiger partial charge in [-0.3, -0.25) is 9.59 Å². The van der Waals surface area contributed by atoms with Crippen LogP contribution in [0.25, 0.3) is 10.8 Å². The van der Waals surface area contributed by atoms with E-state index in [1.165, 1.54) is 32.2 Å². The largest absolute Gasteiger partial charge is 0.431 e. The first-order chi connectivity index (χ1) is 8.97. The van der Waals surface area contributed by atoms with Crippen LogP contribution in [0.15, 0.2) is 33.7 Å². The molecule has 0 amide bonds. The smallest absolute Gasteiger partial charge is 0.343 e. The molecule has 1 aromatic carbocycles. The fourth-order valence-corrected chi connectivity index (χ4v) is 1.59. The third-order valence-corrected chi connectivity index (χ3v) is 2.27. The SMILES string of the molecule is CC(=O)Oc1cc2ccoc(=O)c2cc1OC(C)=O. The van der Waals surface area contributed by atoms with Crippen molar-refractivity contribution in [2.24, 2.45) is 0 Å². The number of hydrogen-bond acceptors (Lipinski definition) is 6. The number of carbonyl (C=O) groups is 2. The van der Waals surface area contributed by atoms with Crippen LogP contribution >= 0.6 is 0 Å². The van der Waals surface area contributed by atoms with E-state index in [0.29, 0.717) is 5.39 Å². The van der Waals surface area contributed by atoms with E-state index < -0.39 is 17.6 Å². The zero-order valence-electron chi connectivity index (χ0n) is 10.3. The van der Waals surface area contributed by atoms with Crippen molar-refractivity contribution in [2.75, 3.05) is 0 Å². The molecule has 0 aliphatic heterocycles. The summed E-state index contributed by atoms with van der Waals surface area (Å²) < 4.78 is 14.6. The average Bonchev–Trinajstić information content (AvgIpc) is 2.29. The molecule has 19 heavy (non-hydrogen) atoms. The molecule has 6 nitrogen and oxygen atoms in total. The minimum absolute atomic E-state index is 0.00583. The van der Waals surface area contributed by atoms with Crippen LogP contribution in [0, 0.1) is 0 Å². The molecule has 0 atom stereocenters. The van der Waals surface area contributed by atoms with Gasteiger partial charge in [0, 0.05) is 13.8 Å². The summed E-state index contributed by atoms with van der Waals surface area (Å²) in [5, 5.41) is 0.748. The molecular weight excluding hydrogens is 252 g/mol. The molecule has 2 aromatic rings. The lowest BCUT2D eigenvalue weighted by molar-refractivity contribution is -0.134. The standard InChI is InChI=1S/C13H10O6/c1-7(14)18-11-5-9-3-4-17-13(16)10(9)6-12(11)19-8(2)15/h3-6H,1-2H3. The van der Waals surface area contributed by atoms with Crippen LogP contribution in [0.5, 0.6) is 11.5 Å². The number of rotatable bonds is 2. The van der Waals surface area contributed by atoms with Crippen LogP contribution < -0.4 is 15.1 Å². The van der Waals surface area contributed by atoms with E-state index in [4.69, 9.17) is 13.9 Å². The molecule has 0 saturated carbocycles. The zero-order valence-corrected chi connectivity index (χ0v) is 10.3. The van der Waals surface area contributed by atoms with Crippen molar-refractivity contribution in [1.29, 1.82) is 0 Å². The lowest BCUT2D eigenvalue weighted by Gasteiger charge is -2.09. The fraction of sp³-hybridized carbons (Fsp3) is 0.154. The second-order valence-electron chi connectivity index (χ2n) is 3.78. The van der Waals surface area contributed by atoms with Gasteiger partial charge in [-0.1, -0.05) is 0 Å². The number of fused-ring (bicyclic) bond motifs is 1. The van der Waals surface area contributed by atoms with Crippen LogP contribution in [0.2, 0.25) is 0 Å². The highest BCUT2D eigenvalue weighted by molar-refractivity contribution is 5.87. The van der Waals surface area contributed by atoms with E-state index in [2.05, 4.69) is 0 Å². The van der Waals surface area contributed by atoms with E-state index >= 15 is 0 Å². The van der Waals surface area contributed by atoms with Gasteiger partial charge in [-0.05, 0) is 23.6 Å². The Kier molecular flexibility index (Phi) is 3.33. The van der Waals surface area contributed by atoms with E-state index in [1.807, 2.05) is 0 Å². The molecule has 2 rings (SSSR count). The summed E-state index contributed by atoms with van der Waals surface area (Å²) in [5.41, 5.74) is -0.569. The van der Waals surface area contributed by atoms with Gasteiger partial charge in [0.25, 0.3) is 0 Å². The molecule has 98 valence electrons. The Morgan fingerprint density at radius 3 is 2.21 bits per heavy atom. The summed E-state index contributed by atoms with van der Waals surface area (Å²) in [4.78, 5) is 33.6. The van der Waals surface area contributed by atoms with Gasteiger partial charge >= 0.3 is 17.6 Å². The van der Waals surface area contributed by atoms with Crippen molar-refractivity contribution in [3.05, 3.63) is 34.9 Å². The Morgan fingerprint density at radius 2 is 1.63 bits per heavy atom. The second-order valence-corrected chi connectivity index (χ2v) is 3.78. The fourth-order valence-electron chi connectivity index (χ4n) is 1.59. The molecule has 0 unspecified atom stereocenters. The number of ether oxygens (including phenoxy) is 2. The van der Waals surface area contributed by atoms with E-state index in [-0.39, 0.29) is 16.9 Å². The van der Waals surface area contributed by atoms with E-state index in [0.717, 1.165) is 0 Å². The number of hydrogen-bond donors (Lipinski definition) is 0. The van der Waals surface area contributed by atoms with Crippen LogP contribution in [0.4, 0.5) is 0 Å². The maximum atomic E-state index is 11.5. The van der Waals surface area contributed by atoms with Crippen LogP contribution in [-0.4, -0.2) is 11.9 Å². The first-order valence-corrected chi connectivity index (χ1v) is 5.40. The minimum atomic E-state index is -0.590. The highest BCUT2D eigenvalue weighted by Crippen LogP contribution is 2.31. The number of carbonyl (C=O) groups excluding carboxylic acids is 2. The van der Waals surface area contributed by atoms with Crippen molar-refractivity contribution >= 4 is 22.7 Å². The molecule has 0 fully saturated rings. The highest BCUT2D eigenvalue weighted by Gasteiger charge is 2.13. The molecule has 0 spiro atoms. The molecule has 0 N–H and O–H groups in total. The lowest BCUT2D eigenvalue weighted by atomic mass is 10.1. The van der Waals surface area contributed by atoms with Crippen LogP contribution in [-0.2, 0) is 9.59 Å². The summed E-state index contributed by atoms with van der Waals surface area (Å²) in [7, 11) is 0. The first kappa shape index (κ1) is 12.8. The Bertz CT molecular complexity index is 713. The topological polar surface area (TPSA) is 82.8 Å². The molecule has 0 aliphatic carbocycles. The Balaban J connectivity index is 2.66. The molecule has 0 aliphatic rings. The molecule has 1 heterocycles. The first-order valence-electron chi connectivity index (χ1n) is 5.40. The molecule has 1 aromatic heterocycles. The minimum Gasteiger partial charge on any atom is -0.431 e. The number of benzene rings is 1. The monoisotopic (exact) mass is 262 g/mol. The van der Waals surface area contributed by atoms with Crippen molar-refractivity contribution < 1.29 is 23.5 Å². The lowest BCUT2D eigenvalue weighted by Crippen LogP contribution is -2.08. The maximum absolute atomic E-state index is 11.5. The predicted molar refractivity (Wildman–Crippen MR) is 65.1 cm³/mol. The third-order valence-electron chi connectivity index (χ3n) is 2.27. The molecule has 0 radical (unpaired) electrons. The van der Waals surface area contributed by atoms with Crippen molar-refractivity contribution in [1.82, 2.24) is 0 Å². The molecule has 6 heteroatoms. The molecular formula is C13H10O6. The summed E-state index contributed by atoms with van der Waals surface area (Å²) in [5.74, 6) is -1.08. The maximum Gasteiger partial charge on any atom is 0.343 e. The van der Waals surface area contributed by atoms with Gasteiger partial charge in [0.1, 0.15) is 0 Å². The molecule has 0 saturated heterocycles. The predicted octanol–water partition coefficient (Wildman–Crippen LogP) is 1.64. The summed E-state index contributed by atoms with van der Waals surface area (Å²) >= 11 is 0. The summed E-state index contributed by atoms with van der Waals surface area (Å²) in [6.07, 6.45) is 1.23. The number of esters is 2. The van der Waals surface area contributed by atoms with Gasteiger partial charge in [0.15, 0.2) is 11.5 Å². The Labute approximate surface area is 107 Å². The Hall–Kier alpha value is -2.63. The normalized spacial score (nSPS) is 10.2. The average molecular weight is 262 g/mol. The van der Waals surface area contributed by atoms with Crippen molar-refractivity contribution in [2.45, 2.75) is 13.8 Å². The van der Waals surface area contributed by atoms with Gasteiger partial charge in [0.05, 0.1) is 11.6 Å². The summed E-state index contributed by atoms with van der Waals surface area (Å²) in [6.45, 7) is 2.43. The van der Waals surface area contributed by atoms with Gasteiger partial charge < -0.3 is 13.9 Å². The van der Waals surface area contributed by atoms with Gasteiger partial charge in [-0.2, -0.15) is 0 Å². The van der Waals surface area contributed by atoms with Gasteiger partial charge in [-0.15, -0.1) is 0 Å². The van der Waals surface area contributed by atoms with Gasteiger partial charge in [-0.25, -0.2) is 4.79 Å². The van der Waals surface area contributed by atoms with Crippen LogP contribution in [0.3, 0.4) is 0 Å². The van der Waals surface area contributed by atoms with Gasteiger partial charge in [0.2, 0.25) is 0 Å². The summed E-state index contributed by atoms with van der Waals surface area (Å²) in [6, 6.07) is 4.29. The highest BCUT2D eigenvalue weighted by atomic mass is 16.6. The van der Waals surface area contributed by atoms with E-state index in [9.17, 15) is 14.4 Å². The molecule has 0 bridgehead atoms. The Morgan fingerprint density at radius 1 is 1.05 bits per heavy atom. The van der Waals surface area contributed by atoms with Crippen molar-refractivity contribution in [3.8, 4) is 11.5 Å². The quantitative estimate of drug-likeness (QED) is 0.604. The second kappa shape index (κ2) is 4.93. The third kappa shape index (κ3) is 2.79. The van der Waals surface area contributed by atoms with Crippen molar-refractivity contribution in [3.63, 3.8) is 0 Å². The zero-order chi connectivity index (χ0) is 14.0. The van der Waals surface area contributed by atoms with Crippen LogP contribution in [0.1, 0.15) is 13.8 Å². The van der Waals surface area contributed by atoms with E-state index in [1.54, 1.807) is 6.07 Å².